The fourth-order valence-electron chi connectivity index (χ4n) is 5.59. The Morgan fingerprint density at radius 3 is 2.33 bits per heavy atom. The Morgan fingerprint density at radius 2 is 1.79 bits per heavy atom. The van der Waals surface area contributed by atoms with E-state index in [1.807, 2.05) is 0 Å². The standard InChI is InChI=1S/C22H23BrN2O8/c1-6-7-4-5-8(23)15(26)10(7)16(27)11-9(6)17(28)13-14(25(2)3)18(29)12(21(24)32)20(31)22(13,33)19(11)30/h4-6,9,13-14,17,26-28,31,33H,1-3H3,(H2,24,32)/t6-,9+,13+,14-,17-,22-/m1/s1. The van der Waals surface area contributed by atoms with Crippen molar-refractivity contribution in [2.75, 3.05) is 14.1 Å². The van der Waals surface area contributed by atoms with Crippen molar-refractivity contribution in [1.29, 1.82) is 0 Å². The second-order valence-electron chi connectivity index (χ2n) is 8.91. The van der Waals surface area contributed by atoms with E-state index in [-0.39, 0.29) is 15.8 Å². The minimum absolute atomic E-state index is 0.0552. The van der Waals surface area contributed by atoms with Crippen LogP contribution >= 0.6 is 15.9 Å². The average Bonchev–Trinajstić information content (AvgIpc) is 2.72. The summed E-state index contributed by atoms with van der Waals surface area (Å²) < 4.78 is 0.245. The molecule has 7 N–H and O–H groups in total. The third-order valence-corrected chi connectivity index (χ3v) is 7.72. The molecular weight excluding hydrogens is 500 g/mol. The molecule has 1 aromatic carbocycles. The van der Waals surface area contributed by atoms with Crippen LogP contribution in [0.5, 0.6) is 5.75 Å². The highest BCUT2D eigenvalue weighted by Crippen LogP contribution is 2.56. The second kappa shape index (κ2) is 7.39. The zero-order chi connectivity index (χ0) is 24.7. The smallest absolute Gasteiger partial charge is 0.255 e. The van der Waals surface area contributed by atoms with Crippen molar-refractivity contribution in [3.8, 4) is 5.75 Å². The van der Waals surface area contributed by atoms with Crippen molar-refractivity contribution in [2.24, 2.45) is 17.6 Å². The summed E-state index contributed by atoms with van der Waals surface area (Å²) in [6, 6.07) is 1.80. The minimum atomic E-state index is -2.91. The molecule has 10 nitrogen and oxygen atoms in total. The summed E-state index contributed by atoms with van der Waals surface area (Å²) >= 11 is 3.16. The van der Waals surface area contributed by atoms with Crippen LogP contribution in [0.15, 0.2) is 33.5 Å². The monoisotopic (exact) mass is 522 g/mol. The maximum absolute atomic E-state index is 13.7. The molecule has 0 radical (unpaired) electrons. The van der Waals surface area contributed by atoms with Gasteiger partial charge in [-0.05, 0) is 47.6 Å². The van der Waals surface area contributed by atoms with Gasteiger partial charge >= 0.3 is 0 Å². The predicted octanol–water partition coefficient (Wildman–Crippen LogP) is 0.258. The lowest BCUT2D eigenvalue weighted by atomic mass is 9.54. The summed E-state index contributed by atoms with van der Waals surface area (Å²) in [7, 11) is 2.91. The molecule has 1 aromatic rings. The number of carbonyl (C=O) groups is 3. The first kappa shape index (κ1) is 23.4. The zero-order valence-electron chi connectivity index (χ0n) is 17.9. The van der Waals surface area contributed by atoms with Gasteiger partial charge in [-0.3, -0.25) is 19.3 Å². The van der Waals surface area contributed by atoms with Gasteiger partial charge in [0.1, 0.15) is 22.8 Å². The molecule has 0 bridgehead atoms. The third-order valence-electron chi connectivity index (χ3n) is 7.08. The van der Waals surface area contributed by atoms with Crippen LogP contribution in [0.25, 0.3) is 5.76 Å². The molecule has 1 amide bonds. The van der Waals surface area contributed by atoms with Gasteiger partial charge in [-0.15, -0.1) is 0 Å². The van der Waals surface area contributed by atoms with E-state index in [1.54, 1.807) is 19.1 Å². The van der Waals surface area contributed by atoms with E-state index < -0.39 is 75.6 Å². The number of nitrogens with two attached hydrogens (primary N) is 1. The number of hydrogen-bond donors (Lipinski definition) is 6. The van der Waals surface area contributed by atoms with E-state index in [9.17, 15) is 39.9 Å². The fraction of sp³-hybridized carbons (Fsp3) is 0.409. The molecule has 0 aliphatic heterocycles. The largest absolute Gasteiger partial charge is 0.508 e. The second-order valence-corrected chi connectivity index (χ2v) is 9.76. The van der Waals surface area contributed by atoms with Crippen LogP contribution < -0.4 is 5.73 Å². The number of aliphatic hydroxyl groups is 4. The maximum Gasteiger partial charge on any atom is 0.255 e. The van der Waals surface area contributed by atoms with E-state index in [1.165, 1.54) is 19.0 Å². The van der Waals surface area contributed by atoms with E-state index in [0.717, 1.165) is 0 Å². The number of phenolic OH excluding ortho intramolecular Hbond substituents is 1. The maximum atomic E-state index is 13.7. The van der Waals surface area contributed by atoms with Crippen LogP contribution in [0, 0.1) is 11.8 Å². The number of aromatic hydroxyl groups is 1. The lowest BCUT2D eigenvalue weighted by Crippen LogP contribution is -2.70. The van der Waals surface area contributed by atoms with Gasteiger partial charge in [0, 0.05) is 11.5 Å². The van der Waals surface area contributed by atoms with Crippen molar-refractivity contribution in [3.05, 3.63) is 44.6 Å². The first-order chi connectivity index (χ1) is 15.3. The molecule has 176 valence electrons. The Morgan fingerprint density at radius 1 is 1.18 bits per heavy atom. The fourth-order valence-corrected chi connectivity index (χ4v) is 5.92. The van der Waals surface area contributed by atoms with Gasteiger partial charge in [-0.2, -0.15) is 0 Å². The lowest BCUT2D eigenvalue weighted by molar-refractivity contribution is -0.169. The summed E-state index contributed by atoms with van der Waals surface area (Å²) in [6.45, 7) is 1.67. The zero-order valence-corrected chi connectivity index (χ0v) is 19.5. The lowest BCUT2D eigenvalue weighted by Gasteiger charge is -2.53. The molecule has 3 aliphatic carbocycles. The van der Waals surface area contributed by atoms with Crippen molar-refractivity contribution in [2.45, 2.75) is 30.6 Å². The number of fused-ring (bicyclic) bond motifs is 3. The van der Waals surface area contributed by atoms with Crippen LogP contribution in [0.1, 0.15) is 24.0 Å². The summed E-state index contributed by atoms with van der Waals surface area (Å²) in [5, 5.41) is 55.4. The number of halogens is 1. The number of likely N-dealkylation sites (N-methyl/N-ethyl adjacent to an activating group) is 1. The number of nitrogens with zero attached hydrogens (tertiary/aromatic N) is 1. The summed E-state index contributed by atoms with van der Waals surface area (Å²) in [4.78, 5) is 40.1. The number of phenols is 1. The van der Waals surface area contributed by atoms with Gasteiger partial charge in [0.2, 0.25) is 5.78 Å². The Kier molecular flexibility index (Phi) is 5.25. The molecule has 0 unspecified atom stereocenters. The van der Waals surface area contributed by atoms with E-state index in [2.05, 4.69) is 15.9 Å². The minimum Gasteiger partial charge on any atom is -0.508 e. The Labute approximate surface area is 196 Å². The van der Waals surface area contributed by atoms with Crippen LogP contribution in [0.4, 0.5) is 0 Å². The third kappa shape index (κ3) is 2.79. The Hall–Kier alpha value is -2.73. The van der Waals surface area contributed by atoms with Gasteiger partial charge in [-0.1, -0.05) is 13.0 Å². The molecule has 1 fully saturated rings. The topological polar surface area (TPSA) is 182 Å². The molecule has 0 aromatic heterocycles. The summed E-state index contributed by atoms with van der Waals surface area (Å²) in [6.07, 6.45) is -1.60. The number of carbonyl (C=O) groups excluding carboxylic acids is 3. The van der Waals surface area contributed by atoms with Crippen molar-refractivity contribution in [3.63, 3.8) is 0 Å². The number of primary amides is 1. The van der Waals surface area contributed by atoms with Gasteiger partial charge in [0.25, 0.3) is 5.91 Å². The van der Waals surface area contributed by atoms with Crippen LogP contribution in [-0.2, 0) is 14.4 Å². The predicted molar refractivity (Wildman–Crippen MR) is 118 cm³/mol. The SMILES string of the molecule is C[C@@H]1c2ccc(Br)c(O)c2C(O)=C2C(=O)[C@@]3(O)C(O)=C(C(N)=O)C(=O)[C@H](N(C)C)[C@H]3[C@H](O)[C@H]21. The first-order valence-corrected chi connectivity index (χ1v) is 10.9. The number of ketones is 2. The van der Waals surface area contributed by atoms with Crippen LogP contribution in [0.2, 0.25) is 0 Å². The molecule has 6 atom stereocenters. The number of benzene rings is 1. The number of aliphatic hydroxyl groups excluding tert-OH is 3. The molecular formula is C22H23BrN2O8. The highest BCUT2D eigenvalue weighted by molar-refractivity contribution is 9.10. The summed E-state index contributed by atoms with van der Waals surface area (Å²) in [5.74, 6) is -9.02. The van der Waals surface area contributed by atoms with Crippen molar-refractivity contribution < 1.29 is 39.9 Å². The Balaban J connectivity index is 2.07. The molecule has 1 saturated carbocycles. The molecule has 3 aliphatic rings. The quantitative estimate of drug-likeness (QED) is 0.296. The molecule has 0 heterocycles. The van der Waals surface area contributed by atoms with Crippen LogP contribution in [0.3, 0.4) is 0 Å². The normalized spacial score (nSPS) is 33.7. The van der Waals surface area contributed by atoms with Gasteiger partial charge in [-0.25, -0.2) is 0 Å². The molecule has 0 spiro atoms. The highest BCUT2D eigenvalue weighted by Gasteiger charge is 2.68. The van der Waals surface area contributed by atoms with E-state index in [4.69, 9.17) is 5.73 Å². The first-order valence-electron chi connectivity index (χ1n) is 10.1. The number of amides is 1. The Bertz CT molecular complexity index is 1190. The van der Waals surface area contributed by atoms with Gasteiger partial charge < -0.3 is 31.3 Å². The van der Waals surface area contributed by atoms with E-state index >= 15 is 0 Å². The molecule has 4 rings (SSSR count). The van der Waals surface area contributed by atoms with Crippen molar-refractivity contribution >= 4 is 39.2 Å². The molecule has 11 heteroatoms. The number of hydrogen-bond acceptors (Lipinski definition) is 9. The van der Waals surface area contributed by atoms with Crippen molar-refractivity contribution in [1.82, 2.24) is 4.90 Å². The van der Waals surface area contributed by atoms with Gasteiger partial charge in [0.05, 0.1) is 28.1 Å². The number of rotatable bonds is 2. The summed E-state index contributed by atoms with van der Waals surface area (Å²) in [5.41, 5.74) is 1.39. The molecule has 33 heavy (non-hydrogen) atoms. The average molecular weight is 523 g/mol. The van der Waals surface area contributed by atoms with E-state index in [0.29, 0.717) is 5.56 Å². The van der Waals surface area contributed by atoms with Crippen LogP contribution in [-0.4, -0.2) is 79.7 Å². The molecule has 0 saturated heterocycles. The highest BCUT2D eigenvalue weighted by atomic mass is 79.9. The van der Waals surface area contributed by atoms with Gasteiger partial charge in [0.15, 0.2) is 11.4 Å². The number of Topliss-reactive ketones (excluding diaryl/α,β-unsaturated/α-hetero) is 2.